The highest BCUT2D eigenvalue weighted by molar-refractivity contribution is 8.00. The van der Waals surface area contributed by atoms with E-state index in [1.807, 2.05) is 12.2 Å². The minimum atomic E-state index is -1.44. The third-order valence-electron chi connectivity index (χ3n) is 9.49. The molecule has 1 aromatic carbocycles. The number of fused-ring (bicyclic) bond motifs is 3. The van der Waals surface area contributed by atoms with Gasteiger partial charge in [0, 0.05) is 43.0 Å². The number of aliphatic hydroxyl groups is 3. The van der Waals surface area contributed by atoms with Gasteiger partial charge in [0.15, 0.2) is 0 Å². The first-order chi connectivity index (χ1) is 21.6. The number of ether oxygens (including phenoxy) is 2. The van der Waals surface area contributed by atoms with E-state index >= 15 is 0 Å². The minimum absolute atomic E-state index is 0.153. The summed E-state index contributed by atoms with van der Waals surface area (Å²) in [7, 11) is 0. The summed E-state index contributed by atoms with van der Waals surface area (Å²) in [6, 6.07) is 4.82. The second-order valence-electron chi connectivity index (χ2n) is 13.4. The largest absolute Gasteiger partial charge is 0.388 e. The molecule has 3 saturated heterocycles. The molecule has 10 nitrogen and oxygen atoms in total. The number of hydrogen-bond donors (Lipinski definition) is 6. The number of carbonyl (C=O) groups excluding carboxylic acids is 2. The van der Waals surface area contributed by atoms with E-state index in [0.717, 1.165) is 25.8 Å². The Kier molecular flexibility index (Phi) is 12.0. The van der Waals surface area contributed by atoms with Gasteiger partial charge in [0.05, 0.1) is 12.2 Å². The summed E-state index contributed by atoms with van der Waals surface area (Å²) in [5.41, 5.74) is -0.528. The first-order valence-electron chi connectivity index (χ1n) is 16.3. The van der Waals surface area contributed by atoms with Gasteiger partial charge in [-0.3, -0.25) is 9.59 Å². The summed E-state index contributed by atoms with van der Waals surface area (Å²) in [6.45, 7) is 6.33. The SMILES string of the molecule is CC(C)C[C@@H]1CCO[C@@H]2[C@H](CN[C@@H]2C(=O)NC[C@@H]2C/C=C\C[C@@H](CNC(=O)c3ccc(F)cc3)SC3O[C@H]2C(O)C(O)[C@H]3O)C1. The number of carbonyl (C=O) groups is 2. The van der Waals surface area contributed by atoms with E-state index in [0.29, 0.717) is 36.8 Å². The Morgan fingerprint density at radius 2 is 1.78 bits per heavy atom. The summed E-state index contributed by atoms with van der Waals surface area (Å²) in [5, 5.41) is 41.6. The van der Waals surface area contributed by atoms with Gasteiger partial charge in [0.1, 0.15) is 35.6 Å². The molecular formula is C33H48FN3O7S. The molecule has 1 aromatic rings. The molecule has 3 unspecified atom stereocenters. The van der Waals surface area contributed by atoms with Gasteiger partial charge in [-0.1, -0.05) is 26.0 Å². The maximum Gasteiger partial charge on any atom is 0.251 e. The van der Waals surface area contributed by atoms with Crippen LogP contribution in [0.5, 0.6) is 0 Å². The first kappa shape index (κ1) is 34.3. The van der Waals surface area contributed by atoms with Crippen molar-refractivity contribution in [3.05, 3.63) is 47.8 Å². The van der Waals surface area contributed by atoms with Crippen LogP contribution in [0.1, 0.15) is 56.3 Å². The van der Waals surface area contributed by atoms with E-state index < -0.39 is 41.7 Å². The van der Waals surface area contributed by atoms with Crippen LogP contribution in [0.3, 0.4) is 0 Å². The lowest BCUT2D eigenvalue weighted by Crippen LogP contribution is -2.60. The average molecular weight is 650 g/mol. The van der Waals surface area contributed by atoms with Crippen molar-refractivity contribution in [1.29, 1.82) is 0 Å². The molecule has 45 heavy (non-hydrogen) atoms. The van der Waals surface area contributed by atoms with E-state index in [2.05, 4.69) is 29.8 Å². The van der Waals surface area contributed by atoms with E-state index in [-0.39, 0.29) is 48.1 Å². The molecule has 11 atom stereocenters. The standard InChI is InChI=1S/C33H48FN3O7S/c1-18(2)13-19-11-12-43-29-22(14-19)16-35-25(29)32(42)36-15-21-5-3-4-6-24(17-37-31(41)20-7-9-23(34)10-8-20)45-33-28(40)26(38)27(39)30(21)44-33/h3-4,7-10,18-19,21-22,24-30,33,35,38-40H,5-6,11-17H2,1-2H3,(H,36,42)(H,37,41)/b4-3-/t19-,21-,22-,24-,25-,26?,27?,28+,29+,30+,33?/m0/s1. The lowest BCUT2D eigenvalue weighted by Gasteiger charge is -2.44. The number of aliphatic hydroxyl groups excluding tert-OH is 3. The van der Waals surface area contributed by atoms with Crippen molar-refractivity contribution in [1.82, 2.24) is 16.0 Å². The van der Waals surface area contributed by atoms with Crippen LogP contribution in [-0.4, -0.2) is 101 Å². The van der Waals surface area contributed by atoms with Crippen LogP contribution in [0, 0.1) is 29.5 Å². The fourth-order valence-electron chi connectivity index (χ4n) is 7.13. The zero-order valence-corrected chi connectivity index (χ0v) is 26.8. The highest BCUT2D eigenvalue weighted by Crippen LogP contribution is 2.37. The van der Waals surface area contributed by atoms with Gasteiger partial charge in [-0.2, -0.15) is 0 Å². The molecule has 0 spiro atoms. The monoisotopic (exact) mass is 649 g/mol. The number of allylic oxidation sites excluding steroid dienone is 2. The molecular weight excluding hydrogens is 601 g/mol. The average Bonchev–Trinajstić information content (AvgIpc) is 3.30. The Morgan fingerprint density at radius 3 is 2.53 bits per heavy atom. The number of benzene rings is 1. The van der Waals surface area contributed by atoms with Crippen molar-refractivity contribution >= 4 is 23.6 Å². The maximum absolute atomic E-state index is 13.4. The van der Waals surface area contributed by atoms with Gasteiger partial charge in [-0.25, -0.2) is 4.39 Å². The highest BCUT2D eigenvalue weighted by Gasteiger charge is 2.48. The highest BCUT2D eigenvalue weighted by atomic mass is 32.2. The summed E-state index contributed by atoms with van der Waals surface area (Å²) in [6.07, 6.45) is 3.04. The Morgan fingerprint density at radius 1 is 1.02 bits per heavy atom. The number of rotatable bonds is 8. The van der Waals surface area contributed by atoms with Crippen LogP contribution in [0.15, 0.2) is 36.4 Å². The molecule has 2 amide bonds. The Hall–Kier alpha value is -2.06. The van der Waals surface area contributed by atoms with Crippen molar-refractivity contribution in [2.45, 2.75) is 93.2 Å². The molecule has 4 heterocycles. The van der Waals surface area contributed by atoms with Crippen LogP contribution >= 0.6 is 11.8 Å². The van der Waals surface area contributed by atoms with E-state index in [9.17, 15) is 29.3 Å². The summed E-state index contributed by atoms with van der Waals surface area (Å²) < 4.78 is 25.7. The smallest absolute Gasteiger partial charge is 0.251 e. The zero-order chi connectivity index (χ0) is 32.1. The maximum atomic E-state index is 13.4. The summed E-state index contributed by atoms with van der Waals surface area (Å²) in [4.78, 5) is 26.0. The van der Waals surface area contributed by atoms with Crippen molar-refractivity contribution < 1.29 is 38.8 Å². The normalized spacial score (nSPS) is 37.7. The van der Waals surface area contributed by atoms with Gasteiger partial charge < -0.3 is 40.7 Å². The Balaban J connectivity index is 1.20. The Bertz CT molecular complexity index is 1170. The fraction of sp³-hybridized carbons (Fsp3) is 0.697. The van der Waals surface area contributed by atoms with Crippen molar-refractivity contribution in [3.8, 4) is 0 Å². The lowest BCUT2D eigenvalue weighted by molar-refractivity contribution is -0.210. The summed E-state index contributed by atoms with van der Waals surface area (Å²) >= 11 is 1.28. The lowest BCUT2D eigenvalue weighted by atomic mass is 9.85. The van der Waals surface area contributed by atoms with Gasteiger partial charge in [-0.05, 0) is 74.1 Å². The second-order valence-corrected chi connectivity index (χ2v) is 14.8. The predicted octanol–water partition coefficient (Wildman–Crippen LogP) is 1.98. The van der Waals surface area contributed by atoms with Crippen LogP contribution in [-0.2, 0) is 14.3 Å². The molecule has 6 N–H and O–H groups in total. The van der Waals surface area contributed by atoms with Gasteiger partial charge in [0.2, 0.25) is 5.91 Å². The van der Waals surface area contributed by atoms with Gasteiger partial charge in [-0.15, -0.1) is 11.8 Å². The van der Waals surface area contributed by atoms with Crippen LogP contribution in [0.25, 0.3) is 0 Å². The quantitative estimate of drug-likeness (QED) is 0.233. The third-order valence-corrected chi connectivity index (χ3v) is 10.9. The number of halogens is 1. The molecule has 0 aliphatic carbocycles. The molecule has 4 aliphatic rings. The second kappa shape index (κ2) is 15.7. The van der Waals surface area contributed by atoms with Crippen molar-refractivity contribution in [2.75, 3.05) is 26.2 Å². The molecule has 2 bridgehead atoms. The third kappa shape index (κ3) is 8.65. The van der Waals surface area contributed by atoms with E-state index in [1.165, 1.54) is 36.0 Å². The topological polar surface area (TPSA) is 149 Å². The van der Waals surface area contributed by atoms with Crippen LogP contribution in [0.2, 0.25) is 0 Å². The number of nitrogens with one attached hydrogen (secondary N) is 3. The molecule has 250 valence electrons. The molecule has 5 rings (SSSR count). The molecule has 4 aliphatic heterocycles. The molecule has 0 radical (unpaired) electrons. The van der Waals surface area contributed by atoms with Crippen LogP contribution in [0.4, 0.5) is 4.39 Å². The minimum Gasteiger partial charge on any atom is -0.388 e. The van der Waals surface area contributed by atoms with Crippen molar-refractivity contribution in [3.63, 3.8) is 0 Å². The summed E-state index contributed by atoms with van der Waals surface area (Å²) in [5.74, 6) is 0.224. The van der Waals surface area contributed by atoms with E-state index in [1.54, 1.807) is 0 Å². The molecule has 0 aromatic heterocycles. The Labute approximate surface area is 268 Å². The van der Waals surface area contributed by atoms with Gasteiger partial charge >= 0.3 is 0 Å². The van der Waals surface area contributed by atoms with Crippen LogP contribution < -0.4 is 16.0 Å². The predicted molar refractivity (Wildman–Crippen MR) is 169 cm³/mol. The number of thioether (sulfide) groups is 1. The van der Waals surface area contributed by atoms with Crippen molar-refractivity contribution in [2.24, 2.45) is 23.7 Å². The number of hydrogen-bond acceptors (Lipinski definition) is 9. The molecule has 12 heteroatoms. The number of amides is 2. The fourth-order valence-corrected chi connectivity index (χ4v) is 8.42. The van der Waals surface area contributed by atoms with Gasteiger partial charge in [0.25, 0.3) is 5.91 Å². The first-order valence-corrected chi connectivity index (χ1v) is 17.2. The molecule has 0 saturated carbocycles. The zero-order valence-electron chi connectivity index (χ0n) is 26.0. The molecule has 3 fully saturated rings. The van der Waals surface area contributed by atoms with E-state index in [4.69, 9.17) is 9.47 Å².